The van der Waals surface area contributed by atoms with Crippen molar-refractivity contribution < 1.29 is 9.90 Å². The first-order valence-corrected chi connectivity index (χ1v) is 6.51. The first-order valence-electron chi connectivity index (χ1n) is 6.13. The summed E-state index contributed by atoms with van der Waals surface area (Å²) in [5, 5.41) is 14.0. The Hall–Kier alpha value is -2.60. The van der Waals surface area contributed by atoms with Crippen LogP contribution < -0.4 is 5.73 Å². The third-order valence-electron chi connectivity index (χ3n) is 3.27. The third kappa shape index (κ3) is 2.09. The summed E-state index contributed by atoms with van der Waals surface area (Å²) in [5.74, 6) is -1.09. The maximum atomic E-state index is 11.7. The van der Waals surface area contributed by atoms with Crippen molar-refractivity contribution in [1.82, 2.24) is 14.6 Å². The second kappa shape index (κ2) is 4.75. The molecule has 3 rings (SSSR count). The summed E-state index contributed by atoms with van der Waals surface area (Å²) in [6, 6.07) is 8.70. The fourth-order valence-corrected chi connectivity index (χ4v) is 2.46. The Morgan fingerprint density at radius 3 is 2.76 bits per heavy atom. The van der Waals surface area contributed by atoms with Gasteiger partial charge in [-0.1, -0.05) is 23.7 Å². The number of fused-ring (bicyclic) bond motifs is 1. The number of carboxylic acid groups (broad SMARTS) is 1. The molecule has 106 valence electrons. The molecule has 0 aliphatic heterocycles. The van der Waals surface area contributed by atoms with Crippen molar-refractivity contribution in [3.05, 3.63) is 46.6 Å². The Kier molecular flexibility index (Phi) is 3.03. The number of nitrogens with zero attached hydrogens (tertiary/aromatic N) is 3. The Morgan fingerprint density at radius 1 is 1.29 bits per heavy atom. The van der Waals surface area contributed by atoms with E-state index in [9.17, 15) is 9.90 Å². The van der Waals surface area contributed by atoms with Gasteiger partial charge in [0.2, 0.25) is 5.95 Å². The first kappa shape index (κ1) is 13.4. The summed E-state index contributed by atoms with van der Waals surface area (Å²) in [7, 11) is 0. The number of rotatable bonds is 2. The number of nitrogens with two attached hydrogens (primary N) is 1. The maximum Gasteiger partial charge on any atom is 0.355 e. The van der Waals surface area contributed by atoms with E-state index in [2.05, 4.69) is 10.1 Å². The number of carbonyl (C=O) groups is 1. The standard InChI is InChI=1S/C14H11ClN4O2/c1-7-8(3-2-4-10(7)15)9-5-6-11-17-14(16)18-19(11)12(9)13(20)21/h2-6H,1H3,(H2,16,18)(H,20,21). The van der Waals surface area contributed by atoms with Crippen molar-refractivity contribution in [1.29, 1.82) is 0 Å². The maximum absolute atomic E-state index is 11.7. The molecular weight excluding hydrogens is 292 g/mol. The molecule has 3 aromatic rings. The van der Waals surface area contributed by atoms with Crippen LogP contribution in [0.5, 0.6) is 0 Å². The van der Waals surface area contributed by atoms with E-state index in [-0.39, 0.29) is 11.6 Å². The van der Waals surface area contributed by atoms with Crippen LogP contribution in [-0.4, -0.2) is 25.7 Å². The van der Waals surface area contributed by atoms with E-state index in [1.54, 1.807) is 24.3 Å². The Bertz CT molecular complexity index is 873. The van der Waals surface area contributed by atoms with Crippen molar-refractivity contribution >= 4 is 29.2 Å². The zero-order valence-corrected chi connectivity index (χ0v) is 11.8. The molecule has 0 saturated carbocycles. The summed E-state index contributed by atoms with van der Waals surface area (Å²) in [6.45, 7) is 1.84. The summed E-state index contributed by atoms with van der Waals surface area (Å²) in [4.78, 5) is 15.6. The van der Waals surface area contributed by atoms with Gasteiger partial charge in [0, 0.05) is 10.6 Å². The summed E-state index contributed by atoms with van der Waals surface area (Å²) in [5.41, 5.74) is 7.98. The topological polar surface area (TPSA) is 93.5 Å². The molecule has 6 nitrogen and oxygen atoms in total. The molecule has 1 aromatic carbocycles. The fourth-order valence-electron chi connectivity index (χ4n) is 2.29. The van der Waals surface area contributed by atoms with E-state index in [4.69, 9.17) is 17.3 Å². The predicted molar refractivity (Wildman–Crippen MR) is 79.5 cm³/mol. The Labute approximate surface area is 124 Å². The molecule has 2 aromatic heterocycles. The lowest BCUT2D eigenvalue weighted by Gasteiger charge is -2.11. The van der Waals surface area contributed by atoms with E-state index in [1.165, 1.54) is 4.52 Å². The average Bonchev–Trinajstić information content (AvgIpc) is 2.80. The molecular formula is C14H11ClN4O2. The summed E-state index contributed by atoms with van der Waals surface area (Å²) < 4.78 is 1.23. The van der Waals surface area contributed by atoms with Gasteiger partial charge in [0.05, 0.1) is 0 Å². The van der Waals surface area contributed by atoms with Crippen molar-refractivity contribution in [2.24, 2.45) is 0 Å². The summed E-state index contributed by atoms with van der Waals surface area (Å²) in [6.07, 6.45) is 0. The van der Waals surface area contributed by atoms with Crippen molar-refractivity contribution in [3.63, 3.8) is 0 Å². The molecule has 0 radical (unpaired) electrons. The molecule has 2 heterocycles. The molecule has 21 heavy (non-hydrogen) atoms. The zero-order valence-electron chi connectivity index (χ0n) is 11.0. The van der Waals surface area contributed by atoms with E-state index >= 15 is 0 Å². The smallest absolute Gasteiger partial charge is 0.355 e. The van der Waals surface area contributed by atoms with Crippen LogP contribution >= 0.6 is 11.6 Å². The van der Waals surface area contributed by atoms with Gasteiger partial charge < -0.3 is 10.8 Å². The number of benzene rings is 1. The van der Waals surface area contributed by atoms with Gasteiger partial charge >= 0.3 is 5.97 Å². The molecule has 0 aliphatic rings. The molecule has 0 saturated heterocycles. The molecule has 0 spiro atoms. The van der Waals surface area contributed by atoms with Gasteiger partial charge in [-0.3, -0.25) is 0 Å². The van der Waals surface area contributed by atoms with Crippen LogP contribution in [0.4, 0.5) is 5.95 Å². The van der Waals surface area contributed by atoms with Gasteiger partial charge in [-0.15, -0.1) is 5.10 Å². The molecule has 3 N–H and O–H groups in total. The quantitative estimate of drug-likeness (QED) is 0.759. The molecule has 0 aliphatic carbocycles. The largest absolute Gasteiger partial charge is 0.476 e. The second-order valence-electron chi connectivity index (χ2n) is 4.55. The lowest BCUT2D eigenvalue weighted by Crippen LogP contribution is -2.09. The first-order chi connectivity index (χ1) is 9.99. The normalized spacial score (nSPS) is 11.0. The molecule has 0 fully saturated rings. The van der Waals surface area contributed by atoms with Crippen LogP contribution in [0, 0.1) is 6.92 Å². The van der Waals surface area contributed by atoms with Gasteiger partial charge in [0.15, 0.2) is 11.3 Å². The molecule has 0 unspecified atom stereocenters. The lowest BCUT2D eigenvalue weighted by molar-refractivity contribution is 0.0688. The van der Waals surface area contributed by atoms with Crippen LogP contribution in [0.25, 0.3) is 16.8 Å². The Balaban J connectivity index is 2.39. The van der Waals surface area contributed by atoms with E-state index in [0.717, 1.165) is 11.1 Å². The molecule has 0 bridgehead atoms. The van der Waals surface area contributed by atoms with Crippen molar-refractivity contribution in [2.75, 3.05) is 5.73 Å². The van der Waals surface area contributed by atoms with Crippen molar-refractivity contribution in [3.8, 4) is 11.1 Å². The van der Waals surface area contributed by atoms with Gasteiger partial charge in [0.1, 0.15) is 0 Å². The molecule has 0 atom stereocenters. The molecule has 0 amide bonds. The highest BCUT2D eigenvalue weighted by Crippen LogP contribution is 2.31. The highest BCUT2D eigenvalue weighted by molar-refractivity contribution is 6.31. The minimum absolute atomic E-state index is 0.00191. The zero-order chi connectivity index (χ0) is 15.1. The number of nitrogen functional groups attached to an aromatic ring is 1. The monoisotopic (exact) mass is 302 g/mol. The number of halogens is 1. The minimum atomic E-state index is -1.11. The van der Waals surface area contributed by atoms with Crippen LogP contribution in [0.15, 0.2) is 30.3 Å². The number of carboxylic acids is 1. The fraction of sp³-hybridized carbons (Fsp3) is 0.0714. The van der Waals surface area contributed by atoms with Gasteiger partial charge in [-0.2, -0.15) is 4.98 Å². The molecule has 7 heteroatoms. The van der Waals surface area contributed by atoms with Gasteiger partial charge in [-0.05, 0) is 36.2 Å². The van der Waals surface area contributed by atoms with Crippen LogP contribution in [0.3, 0.4) is 0 Å². The van der Waals surface area contributed by atoms with E-state index in [1.807, 2.05) is 13.0 Å². The van der Waals surface area contributed by atoms with Gasteiger partial charge in [0.25, 0.3) is 0 Å². The predicted octanol–water partition coefficient (Wildman–Crippen LogP) is 2.64. The third-order valence-corrected chi connectivity index (χ3v) is 3.68. The van der Waals surface area contributed by atoms with Crippen LogP contribution in [-0.2, 0) is 0 Å². The Morgan fingerprint density at radius 2 is 2.05 bits per heavy atom. The van der Waals surface area contributed by atoms with Crippen molar-refractivity contribution in [2.45, 2.75) is 6.92 Å². The highest BCUT2D eigenvalue weighted by Gasteiger charge is 2.19. The highest BCUT2D eigenvalue weighted by atomic mass is 35.5. The minimum Gasteiger partial charge on any atom is -0.476 e. The van der Waals surface area contributed by atoms with Crippen LogP contribution in [0.1, 0.15) is 16.1 Å². The van der Waals surface area contributed by atoms with Crippen LogP contribution in [0.2, 0.25) is 5.02 Å². The second-order valence-corrected chi connectivity index (χ2v) is 4.96. The average molecular weight is 303 g/mol. The number of aromatic nitrogens is 3. The number of hydrogen-bond acceptors (Lipinski definition) is 4. The summed E-state index contributed by atoms with van der Waals surface area (Å²) >= 11 is 6.12. The SMILES string of the molecule is Cc1c(Cl)cccc1-c1ccc2nc(N)nn2c1C(=O)O. The lowest BCUT2D eigenvalue weighted by atomic mass is 9.99. The van der Waals surface area contributed by atoms with E-state index < -0.39 is 5.97 Å². The number of anilines is 1. The number of pyridine rings is 1. The van der Waals surface area contributed by atoms with Gasteiger partial charge in [-0.25, -0.2) is 9.31 Å². The number of aromatic carboxylic acids is 1. The van der Waals surface area contributed by atoms with E-state index in [0.29, 0.717) is 16.2 Å². The number of hydrogen-bond donors (Lipinski definition) is 2.